The number of nitrogen functional groups attached to an aromatic ring is 1. The average Bonchev–Trinajstić information content (AvgIpc) is 2.69. The quantitative estimate of drug-likeness (QED) is 0.899. The van der Waals surface area contributed by atoms with Crippen molar-refractivity contribution in [3.05, 3.63) is 30.1 Å². The van der Waals surface area contributed by atoms with Crippen LogP contribution in [0.3, 0.4) is 0 Å². The first-order valence-corrected chi connectivity index (χ1v) is 10.2. The number of rotatable bonds is 4. The van der Waals surface area contributed by atoms with Crippen molar-refractivity contribution in [1.82, 2.24) is 19.8 Å². The zero-order chi connectivity index (χ0) is 18.6. The molecular formula is C21H29N5O. The molecule has 0 unspecified atom stereocenters. The number of nitrogens with two attached hydrogens (primary N) is 1. The maximum absolute atomic E-state index is 12.6. The Kier molecular flexibility index (Phi) is 5.53. The predicted molar refractivity (Wildman–Crippen MR) is 107 cm³/mol. The molecule has 0 spiro atoms. The van der Waals surface area contributed by atoms with Crippen LogP contribution in [0.4, 0.5) is 5.82 Å². The lowest BCUT2D eigenvalue weighted by atomic mass is 9.86. The van der Waals surface area contributed by atoms with Crippen molar-refractivity contribution in [3.63, 3.8) is 0 Å². The molecule has 1 aliphatic heterocycles. The van der Waals surface area contributed by atoms with Gasteiger partial charge in [-0.25, -0.2) is 9.97 Å². The van der Waals surface area contributed by atoms with Gasteiger partial charge in [0.2, 0.25) is 5.91 Å². The van der Waals surface area contributed by atoms with Crippen LogP contribution in [0.25, 0.3) is 10.9 Å². The predicted octanol–water partition coefficient (Wildman–Crippen LogP) is 2.83. The zero-order valence-electron chi connectivity index (χ0n) is 15.9. The molecule has 2 fully saturated rings. The topological polar surface area (TPSA) is 75.3 Å². The van der Waals surface area contributed by atoms with E-state index < -0.39 is 0 Å². The summed E-state index contributed by atoms with van der Waals surface area (Å²) in [5.74, 6) is 2.25. The van der Waals surface area contributed by atoms with Gasteiger partial charge in [0.1, 0.15) is 11.6 Å². The molecule has 1 aromatic heterocycles. The molecule has 2 heterocycles. The second-order valence-electron chi connectivity index (χ2n) is 7.91. The average molecular weight is 367 g/mol. The number of amides is 1. The molecular weight excluding hydrogens is 338 g/mol. The van der Waals surface area contributed by atoms with Crippen LogP contribution in [-0.2, 0) is 11.3 Å². The third kappa shape index (κ3) is 4.38. The molecule has 27 heavy (non-hydrogen) atoms. The van der Waals surface area contributed by atoms with Crippen LogP contribution in [0, 0.1) is 5.92 Å². The summed E-state index contributed by atoms with van der Waals surface area (Å²) in [6.07, 6.45) is 7.12. The summed E-state index contributed by atoms with van der Waals surface area (Å²) in [5, 5.41) is 0.902. The highest BCUT2D eigenvalue weighted by Crippen LogP contribution is 2.27. The standard InChI is InChI=1S/C21H29N5O/c22-21-17-8-4-5-9-18(17)23-19(24-21)15-25-10-12-26(13-11-25)20(27)14-16-6-2-1-3-7-16/h4-5,8-9,16H,1-3,6-7,10-15H2,(H2,22,23,24). The van der Waals surface area contributed by atoms with E-state index in [0.29, 0.717) is 24.2 Å². The van der Waals surface area contributed by atoms with Crippen molar-refractivity contribution in [2.24, 2.45) is 5.92 Å². The Bertz CT molecular complexity index is 794. The Labute approximate surface area is 160 Å². The molecule has 2 aliphatic rings. The molecule has 0 radical (unpaired) electrons. The summed E-state index contributed by atoms with van der Waals surface area (Å²) < 4.78 is 0. The molecule has 0 atom stereocenters. The fraction of sp³-hybridized carbons (Fsp3) is 0.571. The Hall–Kier alpha value is -2.21. The van der Waals surface area contributed by atoms with Crippen LogP contribution in [0.1, 0.15) is 44.3 Å². The van der Waals surface area contributed by atoms with Crippen molar-refractivity contribution in [1.29, 1.82) is 0 Å². The molecule has 1 aromatic carbocycles. The lowest BCUT2D eigenvalue weighted by Gasteiger charge is -2.35. The minimum absolute atomic E-state index is 0.341. The number of anilines is 1. The van der Waals surface area contributed by atoms with Gasteiger partial charge in [-0.3, -0.25) is 9.69 Å². The first kappa shape index (κ1) is 18.2. The van der Waals surface area contributed by atoms with Crippen LogP contribution in [0.5, 0.6) is 0 Å². The van der Waals surface area contributed by atoms with Crippen molar-refractivity contribution in [3.8, 4) is 0 Å². The van der Waals surface area contributed by atoms with Crippen LogP contribution in [-0.4, -0.2) is 51.9 Å². The van der Waals surface area contributed by atoms with Crippen LogP contribution >= 0.6 is 0 Å². The lowest BCUT2D eigenvalue weighted by molar-refractivity contribution is -0.134. The van der Waals surface area contributed by atoms with Gasteiger partial charge in [-0.2, -0.15) is 0 Å². The van der Waals surface area contributed by atoms with E-state index in [9.17, 15) is 4.79 Å². The van der Waals surface area contributed by atoms with Crippen molar-refractivity contribution < 1.29 is 4.79 Å². The van der Waals surface area contributed by atoms with Crippen molar-refractivity contribution in [2.75, 3.05) is 31.9 Å². The van der Waals surface area contributed by atoms with Crippen molar-refractivity contribution in [2.45, 2.75) is 45.1 Å². The highest BCUT2D eigenvalue weighted by Gasteiger charge is 2.25. The molecule has 1 saturated heterocycles. The third-order valence-electron chi connectivity index (χ3n) is 5.96. The summed E-state index contributed by atoms with van der Waals surface area (Å²) in [5.41, 5.74) is 6.98. The van der Waals surface area contributed by atoms with Gasteiger partial charge in [-0.1, -0.05) is 31.4 Å². The molecule has 1 aliphatic carbocycles. The van der Waals surface area contributed by atoms with Gasteiger partial charge in [0.25, 0.3) is 0 Å². The van der Waals surface area contributed by atoms with Gasteiger partial charge in [-0.05, 0) is 30.9 Å². The van der Waals surface area contributed by atoms with Gasteiger partial charge in [0.05, 0.1) is 12.1 Å². The van der Waals surface area contributed by atoms with E-state index in [4.69, 9.17) is 5.73 Å². The molecule has 1 saturated carbocycles. The fourth-order valence-electron chi connectivity index (χ4n) is 4.34. The highest BCUT2D eigenvalue weighted by atomic mass is 16.2. The lowest BCUT2D eigenvalue weighted by Crippen LogP contribution is -2.48. The summed E-state index contributed by atoms with van der Waals surface area (Å²) in [4.78, 5) is 26.1. The number of para-hydroxylation sites is 1. The summed E-state index contributed by atoms with van der Waals surface area (Å²) >= 11 is 0. The van der Waals surface area contributed by atoms with E-state index in [1.807, 2.05) is 29.2 Å². The molecule has 144 valence electrons. The second kappa shape index (κ2) is 8.21. The van der Waals surface area contributed by atoms with Crippen LogP contribution in [0.2, 0.25) is 0 Å². The number of fused-ring (bicyclic) bond motifs is 1. The van der Waals surface area contributed by atoms with Gasteiger partial charge >= 0.3 is 0 Å². The third-order valence-corrected chi connectivity index (χ3v) is 5.96. The highest BCUT2D eigenvalue weighted by molar-refractivity contribution is 5.87. The minimum Gasteiger partial charge on any atom is -0.383 e. The number of nitrogens with zero attached hydrogens (tertiary/aromatic N) is 4. The molecule has 1 amide bonds. The minimum atomic E-state index is 0.341. The summed E-state index contributed by atoms with van der Waals surface area (Å²) in [7, 11) is 0. The molecule has 6 nitrogen and oxygen atoms in total. The molecule has 2 N–H and O–H groups in total. The Morgan fingerprint density at radius 1 is 1.04 bits per heavy atom. The van der Waals surface area contributed by atoms with E-state index in [1.165, 1.54) is 32.1 Å². The van der Waals surface area contributed by atoms with E-state index in [2.05, 4.69) is 14.9 Å². The molecule has 4 rings (SSSR count). The van der Waals surface area contributed by atoms with Crippen LogP contribution < -0.4 is 5.73 Å². The number of hydrogen-bond donors (Lipinski definition) is 1. The monoisotopic (exact) mass is 367 g/mol. The number of carbonyl (C=O) groups is 1. The first-order chi connectivity index (χ1) is 13.2. The number of benzene rings is 1. The Morgan fingerprint density at radius 2 is 1.78 bits per heavy atom. The Balaban J connectivity index is 1.31. The fourth-order valence-corrected chi connectivity index (χ4v) is 4.34. The van der Waals surface area contributed by atoms with E-state index in [0.717, 1.165) is 49.3 Å². The van der Waals surface area contributed by atoms with Crippen molar-refractivity contribution >= 4 is 22.6 Å². The molecule has 6 heteroatoms. The van der Waals surface area contributed by atoms with Crippen LogP contribution in [0.15, 0.2) is 24.3 Å². The zero-order valence-corrected chi connectivity index (χ0v) is 15.9. The molecule has 2 aromatic rings. The maximum atomic E-state index is 12.6. The SMILES string of the molecule is Nc1nc(CN2CCN(C(=O)CC3CCCCC3)CC2)nc2ccccc12. The number of carbonyl (C=O) groups excluding carboxylic acids is 1. The number of piperazine rings is 1. The maximum Gasteiger partial charge on any atom is 0.222 e. The normalized spacial score (nSPS) is 19.5. The second-order valence-corrected chi connectivity index (χ2v) is 7.91. The number of hydrogen-bond acceptors (Lipinski definition) is 5. The van der Waals surface area contributed by atoms with Gasteiger partial charge in [0.15, 0.2) is 0 Å². The smallest absolute Gasteiger partial charge is 0.222 e. The Morgan fingerprint density at radius 3 is 2.56 bits per heavy atom. The summed E-state index contributed by atoms with van der Waals surface area (Å²) in [6, 6.07) is 7.84. The van der Waals surface area contributed by atoms with Gasteiger partial charge in [0, 0.05) is 38.0 Å². The first-order valence-electron chi connectivity index (χ1n) is 10.2. The number of aromatic nitrogens is 2. The largest absolute Gasteiger partial charge is 0.383 e. The van der Waals surface area contributed by atoms with Gasteiger partial charge < -0.3 is 10.6 Å². The molecule has 0 bridgehead atoms. The summed E-state index contributed by atoms with van der Waals surface area (Å²) in [6.45, 7) is 4.02. The van der Waals surface area contributed by atoms with Gasteiger partial charge in [-0.15, -0.1) is 0 Å². The van der Waals surface area contributed by atoms with E-state index in [-0.39, 0.29) is 0 Å². The van der Waals surface area contributed by atoms with E-state index >= 15 is 0 Å². The van der Waals surface area contributed by atoms with E-state index in [1.54, 1.807) is 0 Å².